The van der Waals surface area contributed by atoms with Crippen LogP contribution in [0.3, 0.4) is 0 Å². The Kier molecular flexibility index (Phi) is 7.79. The molecular formula is C21H27FN2O6. The first-order valence-electron chi connectivity index (χ1n) is 9.49. The Morgan fingerprint density at radius 3 is 2.67 bits per heavy atom. The van der Waals surface area contributed by atoms with Gasteiger partial charge in [0.1, 0.15) is 24.5 Å². The Morgan fingerprint density at radius 1 is 1.30 bits per heavy atom. The van der Waals surface area contributed by atoms with E-state index in [1.165, 1.54) is 12.0 Å². The molecule has 30 heavy (non-hydrogen) atoms. The maximum Gasteiger partial charge on any atom is 0.407 e. The summed E-state index contributed by atoms with van der Waals surface area (Å²) < 4.78 is 28.4. The fraction of sp³-hybridized carbons (Fsp3) is 0.476. The molecule has 0 unspecified atom stereocenters. The lowest BCUT2D eigenvalue weighted by Crippen LogP contribution is -2.41. The van der Waals surface area contributed by atoms with Gasteiger partial charge in [0, 0.05) is 24.2 Å². The van der Waals surface area contributed by atoms with Gasteiger partial charge in [-0.15, -0.1) is 0 Å². The minimum atomic E-state index is -0.648. The molecule has 0 fully saturated rings. The minimum Gasteiger partial charge on any atom is -0.489 e. The highest BCUT2D eigenvalue weighted by Crippen LogP contribution is 2.24. The first-order chi connectivity index (χ1) is 14.1. The lowest BCUT2D eigenvalue weighted by atomic mass is 9.98. The molecule has 0 aliphatic carbocycles. The van der Waals surface area contributed by atoms with Crippen molar-refractivity contribution in [3.05, 3.63) is 41.2 Å². The van der Waals surface area contributed by atoms with Gasteiger partial charge in [-0.2, -0.15) is 0 Å². The summed E-state index contributed by atoms with van der Waals surface area (Å²) in [5, 5.41) is 2.47. The third-order valence-corrected chi connectivity index (χ3v) is 4.23. The molecule has 0 aromatic heterocycles. The molecule has 0 saturated carbocycles. The molecule has 0 saturated heterocycles. The molecule has 1 aromatic carbocycles. The SMILES string of the molecule is COC(=O)CN1CCc2cc(OC/C(=C\F)CNC(=O)OC(C)(C)C)ccc2C1=O. The number of methoxy groups -OCH3 is 1. The predicted octanol–water partition coefficient (Wildman–Crippen LogP) is 2.61. The van der Waals surface area contributed by atoms with E-state index in [9.17, 15) is 18.8 Å². The lowest BCUT2D eigenvalue weighted by molar-refractivity contribution is -0.141. The van der Waals surface area contributed by atoms with Gasteiger partial charge < -0.3 is 24.4 Å². The summed E-state index contributed by atoms with van der Waals surface area (Å²) in [5.41, 5.74) is 0.855. The summed E-state index contributed by atoms with van der Waals surface area (Å²) in [6.45, 7) is 5.36. The molecule has 1 aliphatic heterocycles. The van der Waals surface area contributed by atoms with E-state index < -0.39 is 17.7 Å². The van der Waals surface area contributed by atoms with Crippen LogP contribution in [0.4, 0.5) is 9.18 Å². The monoisotopic (exact) mass is 422 g/mol. The number of rotatable bonds is 7. The Labute approximate surface area is 175 Å². The number of amides is 2. The number of hydrogen-bond donors (Lipinski definition) is 1. The van der Waals surface area contributed by atoms with Crippen LogP contribution < -0.4 is 10.1 Å². The van der Waals surface area contributed by atoms with Crippen molar-refractivity contribution in [2.45, 2.75) is 32.8 Å². The van der Waals surface area contributed by atoms with Crippen LogP contribution in [0.2, 0.25) is 0 Å². The van der Waals surface area contributed by atoms with Gasteiger partial charge in [-0.25, -0.2) is 9.18 Å². The van der Waals surface area contributed by atoms with Gasteiger partial charge in [0.25, 0.3) is 5.91 Å². The maximum atomic E-state index is 13.1. The number of esters is 1. The molecule has 2 amide bonds. The molecule has 1 N–H and O–H groups in total. The van der Waals surface area contributed by atoms with E-state index in [0.717, 1.165) is 5.56 Å². The molecule has 2 rings (SSSR count). The van der Waals surface area contributed by atoms with Crippen LogP contribution >= 0.6 is 0 Å². The molecule has 1 heterocycles. The third-order valence-electron chi connectivity index (χ3n) is 4.23. The Hall–Kier alpha value is -3.10. The lowest BCUT2D eigenvalue weighted by Gasteiger charge is -2.27. The summed E-state index contributed by atoms with van der Waals surface area (Å²) in [5.74, 6) is -0.254. The van der Waals surface area contributed by atoms with Crippen molar-refractivity contribution in [2.75, 3.05) is 33.4 Å². The number of nitrogens with one attached hydrogen (secondary N) is 1. The second kappa shape index (κ2) is 10.1. The molecule has 9 heteroatoms. The summed E-state index contributed by atoms with van der Waals surface area (Å²) in [4.78, 5) is 37.0. The summed E-state index contributed by atoms with van der Waals surface area (Å²) >= 11 is 0. The smallest absolute Gasteiger partial charge is 0.407 e. The molecule has 0 bridgehead atoms. The zero-order valence-electron chi connectivity index (χ0n) is 17.6. The van der Waals surface area contributed by atoms with Crippen LogP contribution in [-0.4, -0.2) is 61.8 Å². The summed E-state index contributed by atoms with van der Waals surface area (Å²) in [7, 11) is 1.28. The van der Waals surface area contributed by atoms with Crippen molar-refractivity contribution in [1.29, 1.82) is 0 Å². The largest absolute Gasteiger partial charge is 0.489 e. The molecule has 0 radical (unpaired) electrons. The van der Waals surface area contributed by atoms with E-state index in [4.69, 9.17) is 9.47 Å². The topological polar surface area (TPSA) is 94.2 Å². The van der Waals surface area contributed by atoms with Gasteiger partial charge in [-0.3, -0.25) is 9.59 Å². The number of hydrogen-bond acceptors (Lipinski definition) is 6. The van der Waals surface area contributed by atoms with Crippen molar-refractivity contribution < 1.29 is 33.0 Å². The van der Waals surface area contributed by atoms with Crippen LogP contribution in [0, 0.1) is 0 Å². The number of ether oxygens (including phenoxy) is 3. The zero-order chi connectivity index (χ0) is 22.3. The van der Waals surface area contributed by atoms with Crippen molar-refractivity contribution in [2.24, 2.45) is 0 Å². The first-order valence-corrected chi connectivity index (χ1v) is 9.49. The standard InChI is InChI=1S/C21H27FN2O6/c1-21(2,3)30-20(27)23-11-14(10-22)13-29-16-5-6-17-15(9-16)7-8-24(19(17)26)12-18(25)28-4/h5-6,9-10H,7-8,11-13H2,1-4H3,(H,23,27)/b14-10-. The number of carbonyl (C=O) groups excluding carboxylic acids is 3. The van der Waals surface area contributed by atoms with E-state index in [0.29, 0.717) is 30.6 Å². The fourth-order valence-electron chi connectivity index (χ4n) is 2.77. The van der Waals surface area contributed by atoms with Crippen LogP contribution in [-0.2, 0) is 20.7 Å². The molecule has 1 aromatic rings. The van der Waals surface area contributed by atoms with Crippen molar-refractivity contribution in [3.63, 3.8) is 0 Å². The summed E-state index contributed by atoms with van der Waals surface area (Å²) in [6, 6.07) is 4.95. The average Bonchev–Trinajstić information content (AvgIpc) is 2.68. The number of halogens is 1. The fourth-order valence-corrected chi connectivity index (χ4v) is 2.77. The maximum absolute atomic E-state index is 13.1. The van der Waals surface area contributed by atoms with Gasteiger partial charge >= 0.3 is 12.1 Å². The van der Waals surface area contributed by atoms with Gasteiger partial charge in [0.05, 0.1) is 13.4 Å². The molecule has 0 spiro atoms. The molecule has 0 atom stereocenters. The first kappa shape index (κ1) is 23.2. The van der Waals surface area contributed by atoms with E-state index in [2.05, 4.69) is 10.1 Å². The molecule has 164 valence electrons. The van der Waals surface area contributed by atoms with Crippen molar-refractivity contribution in [1.82, 2.24) is 10.2 Å². The third kappa shape index (κ3) is 6.75. The van der Waals surface area contributed by atoms with E-state index >= 15 is 0 Å². The van der Waals surface area contributed by atoms with E-state index in [-0.39, 0.29) is 31.2 Å². The minimum absolute atomic E-state index is 0.0582. The summed E-state index contributed by atoms with van der Waals surface area (Å²) in [6.07, 6.45) is 0.288. The molecular weight excluding hydrogens is 395 g/mol. The zero-order valence-corrected chi connectivity index (χ0v) is 17.6. The van der Waals surface area contributed by atoms with Crippen LogP contribution in [0.5, 0.6) is 5.75 Å². The highest BCUT2D eigenvalue weighted by atomic mass is 19.1. The Balaban J connectivity index is 1.92. The Bertz CT molecular complexity index is 831. The average molecular weight is 422 g/mol. The van der Waals surface area contributed by atoms with E-state index in [1.54, 1.807) is 39.0 Å². The molecule has 8 nitrogen and oxygen atoms in total. The number of carbonyl (C=O) groups is 3. The predicted molar refractivity (Wildman–Crippen MR) is 107 cm³/mol. The van der Waals surface area contributed by atoms with Gasteiger partial charge in [0.2, 0.25) is 0 Å². The second-order valence-corrected chi connectivity index (χ2v) is 7.78. The second-order valence-electron chi connectivity index (χ2n) is 7.78. The van der Waals surface area contributed by atoms with Gasteiger partial charge in [-0.05, 0) is 51.0 Å². The normalized spacial score (nSPS) is 14.1. The van der Waals surface area contributed by atoms with Crippen molar-refractivity contribution in [3.8, 4) is 5.75 Å². The van der Waals surface area contributed by atoms with Crippen LogP contribution in [0.25, 0.3) is 0 Å². The number of nitrogens with zero attached hydrogens (tertiary/aromatic N) is 1. The van der Waals surface area contributed by atoms with E-state index in [1.807, 2.05) is 0 Å². The van der Waals surface area contributed by atoms with Gasteiger partial charge in [-0.1, -0.05) is 0 Å². The molecule has 1 aliphatic rings. The van der Waals surface area contributed by atoms with Crippen LogP contribution in [0.1, 0.15) is 36.7 Å². The quantitative estimate of drug-likeness (QED) is 0.679. The Morgan fingerprint density at radius 2 is 2.03 bits per heavy atom. The van der Waals surface area contributed by atoms with Gasteiger partial charge in [0.15, 0.2) is 0 Å². The number of fused-ring (bicyclic) bond motifs is 1. The van der Waals surface area contributed by atoms with Crippen LogP contribution in [0.15, 0.2) is 30.1 Å². The number of alkyl carbamates (subject to hydrolysis) is 1. The highest BCUT2D eigenvalue weighted by molar-refractivity contribution is 5.98. The van der Waals surface area contributed by atoms with Crippen molar-refractivity contribution >= 4 is 18.0 Å². The highest BCUT2D eigenvalue weighted by Gasteiger charge is 2.26. The number of benzene rings is 1.